The molecule has 1 N–H and O–H groups in total. The van der Waals surface area contributed by atoms with Crippen molar-refractivity contribution in [1.82, 2.24) is 15.1 Å². The lowest BCUT2D eigenvalue weighted by molar-refractivity contribution is 0.416. The number of hydrogen-bond acceptors (Lipinski definition) is 4. The summed E-state index contributed by atoms with van der Waals surface area (Å²) in [4.78, 5) is 0. The van der Waals surface area contributed by atoms with Crippen LogP contribution in [0.3, 0.4) is 0 Å². The first-order valence-corrected chi connectivity index (χ1v) is 9.67. The van der Waals surface area contributed by atoms with Gasteiger partial charge < -0.3 is 5.32 Å². The Morgan fingerprint density at radius 2 is 2.29 bits per heavy atom. The molecule has 0 spiro atoms. The molecule has 1 saturated heterocycles. The molecule has 1 aliphatic rings. The van der Waals surface area contributed by atoms with Crippen molar-refractivity contribution in [3.63, 3.8) is 0 Å². The van der Waals surface area contributed by atoms with Crippen molar-refractivity contribution in [2.24, 2.45) is 5.92 Å². The summed E-state index contributed by atoms with van der Waals surface area (Å²) in [6.07, 6.45) is 5.68. The van der Waals surface area contributed by atoms with Gasteiger partial charge in [0.1, 0.15) is 0 Å². The van der Waals surface area contributed by atoms with Crippen molar-refractivity contribution in [2.45, 2.75) is 51.6 Å². The van der Waals surface area contributed by atoms with Crippen LogP contribution in [0.25, 0.3) is 0 Å². The van der Waals surface area contributed by atoms with Crippen molar-refractivity contribution < 1.29 is 8.42 Å². The third-order valence-corrected chi connectivity index (χ3v) is 6.35. The summed E-state index contributed by atoms with van der Waals surface area (Å²) in [7, 11) is -0.836. The minimum atomic E-state index is -2.78. The van der Waals surface area contributed by atoms with Crippen LogP contribution in [-0.4, -0.2) is 42.8 Å². The van der Waals surface area contributed by atoms with Gasteiger partial charge in [0.25, 0.3) is 0 Å². The monoisotopic (exact) mass is 313 g/mol. The molecular weight excluding hydrogens is 286 g/mol. The molecule has 21 heavy (non-hydrogen) atoms. The first kappa shape index (κ1) is 16.5. The maximum absolute atomic E-state index is 11.5. The summed E-state index contributed by atoms with van der Waals surface area (Å²) < 4.78 is 25.1. The van der Waals surface area contributed by atoms with Crippen LogP contribution in [0.5, 0.6) is 0 Å². The Kier molecular flexibility index (Phi) is 5.43. The van der Waals surface area contributed by atoms with Crippen LogP contribution >= 0.6 is 0 Å². The molecule has 2 heterocycles. The number of hydrogen-bond donors (Lipinski definition) is 1. The molecule has 1 aromatic heterocycles. The predicted octanol–water partition coefficient (Wildman–Crippen LogP) is 1.81. The van der Waals surface area contributed by atoms with Crippen molar-refractivity contribution >= 4 is 9.84 Å². The topological polar surface area (TPSA) is 64.0 Å². The molecule has 0 radical (unpaired) electrons. The molecule has 0 amide bonds. The normalized spacial score (nSPS) is 24.0. The van der Waals surface area contributed by atoms with E-state index >= 15 is 0 Å². The van der Waals surface area contributed by atoms with Crippen LogP contribution in [0.1, 0.15) is 44.8 Å². The molecule has 2 rings (SSSR count). The van der Waals surface area contributed by atoms with E-state index in [-0.39, 0.29) is 0 Å². The molecule has 120 valence electrons. The van der Waals surface area contributed by atoms with Gasteiger partial charge >= 0.3 is 0 Å². The standard InChI is InChI=1S/C15H27N3O2S/c1-4-12(2)18-7-5-14(17-18)10-15(16-3)9-13-6-8-21(19,20)11-13/h5,7,12-13,15-16H,4,6,8-11H2,1-3H3. The maximum Gasteiger partial charge on any atom is 0.150 e. The Morgan fingerprint density at radius 1 is 1.52 bits per heavy atom. The minimum absolute atomic E-state index is 0.295. The number of likely N-dealkylation sites (N-methyl/N-ethyl adjacent to an activating group) is 1. The summed E-state index contributed by atoms with van der Waals surface area (Å²) in [6, 6.07) is 2.79. The van der Waals surface area contributed by atoms with Crippen LogP contribution in [0.4, 0.5) is 0 Å². The molecule has 5 nitrogen and oxygen atoms in total. The Hall–Kier alpha value is -0.880. The van der Waals surface area contributed by atoms with Crippen LogP contribution in [0.15, 0.2) is 12.3 Å². The highest BCUT2D eigenvalue weighted by Crippen LogP contribution is 2.24. The van der Waals surface area contributed by atoms with Gasteiger partial charge in [-0.25, -0.2) is 8.42 Å². The highest BCUT2D eigenvalue weighted by molar-refractivity contribution is 7.91. The lowest BCUT2D eigenvalue weighted by atomic mass is 9.96. The van der Waals surface area contributed by atoms with Gasteiger partial charge in [0.05, 0.1) is 17.2 Å². The van der Waals surface area contributed by atoms with E-state index < -0.39 is 9.84 Å². The van der Waals surface area contributed by atoms with E-state index in [0.29, 0.717) is 29.5 Å². The zero-order valence-corrected chi connectivity index (χ0v) is 14.1. The van der Waals surface area contributed by atoms with Crippen molar-refractivity contribution in [3.05, 3.63) is 18.0 Å². The molecule has 0 bridgehead atoms. The summed E-state index contributed by atoms with van der Waals surface area (Å²) in [5.74, 6) is 1.01. The first-order chi connectivity index (χ1) is 9.93. The number of nitrogens with zero attached hydrogens (tertiary/aromatic N) is 2. The third kappa shape index (κ3) is 4.54. The Bertz CT molecular complexity index is 553. The fourth-order valence-corrected chi connectivity index (χ4v) is 4.81. The summed E-state index contributed by atoms with van der Waals surface area (Å²) >= 11 is 0. The zero-order valence-electron chi connectivity index (χ0n) is 13.2. The number of nitrogens with one attached hydrogen (secondary N) is 1. The number of aromatic nitrogens is 2. The minimum Gasteiger partial charge on any atom is -0.317 e. The second kappa shape index (κ2) is 6.92. The van der Waals surface area contributed by atoms with Gasteiger partial charge in [-0.15, -0.1) is 0 Å². The maximum atomic E-state index is 11.5. The molecule has 1 aromatic rings. The zero-order chi connectivity index (χ0) is 15.5. The van der Waals surface area contributed by atoms with Gasteiger partial charge in [0.2, 0.25) is 0 Å². The quantitative estimate of drug-likeness (QED) is 0.834. The number of sulfone groups is 1. The molecule has 6 heteroatoms. The van der Waals surface area contributed by atoms with Crippen molar-refractivity contribution in [1.29, 1.82) is 0 Å². The lowest BCUT2D eigenvalue weighted by Crippen LogP contribution is -2.30. The average molecular weight is 313 g/mol. The van der Waals surface area contributed by atoms with E-state index in [1.54, 1.807) is 0 Å². The van der Waals surface area contributed by atoms with Gasteiger partial charge in [-0.1, -0.05) is 6.92 Å². The fourth-order valence-electron chi connectivity index (χ4n) is 2.93. The van der Waals surface area contributed by atoms with Gasteiger partial charge in [-0.2, -0.15) is 5.10 Å². The summed E-state index contributed by atoms with van der Waals surface area (Å²) in [6.45, 7) is 4.32. The van der Waals surface area contributed by atoms with E-state index in [9.17, 15) is 8.42 Å². The van der Waals surface area contributed by atoms with E-state index in [1.807, 2.05) is 17.9 Å². The fraction of sp³-hybridized carbons (Fsp3) is 0.800. The van der Waals surface area contributed by atoms with Gasteiger partial charge in [0, 0.05) is 24.7 Å². The molecule has 0 saturated carbocycles. The Morgan fingerprint density at radius 3 is 2.86 bits per heavy atom. The largest absolute Gasteiger partial charge is 0.317 e. The molecule has 3 atom stereocenters. The van der Waals surface area contributed by atoms with Crippen LogP contribution in [0.2, 0.25) is 0 Å². The smallest absolute Gasteiger partial charge is 0.150 e. The summed E-state index contributed by atoms with van der Waals surface area (Å²) in [5, 5.41) is 7.94. The average Bonchev–Trinajstić information content (AvgIpc) is 3.04. The van der Waals surface area contributed by atoms with Crippen LogP contribution < -0.4 is 5.32 Å². The molecule has 3 unspecified atom stereocenters. The predicted molar refractivity (Wildman–Crippen MR) is 85.2 cm³/mol. The Balaban J connectivity index is 1.92. The van der Waals surface area contributed by atoms with E-state index in [2.05, 4.69) is 30.3 Å². The van der Waals surface area contributed by atoms with Crippen LogP contribution in [0, 0.1) is 5.92 Å². The Labute approximate surface area is 128 Å². The van der Waals surface area contributed by atoms with Gasteiger partial charge in [0.15, 0.2) is 9.84 Å². The molecule has 1 fully saturated rings. The SMILES string of the molecule is CCC(C)n1ccc(CC(CC2CCS(=O)(=O)C2)NC)n1. The lowest BCUT2D eigenvalue weighted by Gasteiger charge is -2.18. The van der Waals surface area contributed by atoms with Gasteiger partial charge in [-0.3, -0.25) is 4.68 Å². The summed E-state index contributed by atoms with van der Waals surface area (Å²) in [5.41, 5.74) is 1.08. The third-order valence-electron chi connectivity index (χ3n) is 4.51. The number of rotatable bonds is 7. The van der Waals surface area contributed by atoms with E-state index in [0.717, 1.165) is 31.4 Å². The van der Waals surface area contributed by atoms with E-state index in [1.165, 1.54) is 0 Å². The van der Waals surface area contributed by atoms with Crippen LogP contribution in [-0.2, 0) is 16.3 Å². The van der Waals surface area contributed by atoms with E-state index in [4.69, 9.17) is 0 Å². The second-order valence-corrected chi connectivity index (χ2v) is 8.47. The van der Waals surface area contributed by atoms with Crippen molar-refractivity contribution in [3.8, 4) is 0 Å². The van der Waals surface area contributed by atoms with Crippen molar-refractivity contribution in [2.75, 3.05) is 18.6 Å². The first-order valence-electron chi connectivity index (χ1n) is 7.85. The molecular formula is C15H27N3O2S. The molecule has 1 aliphatic heterocycles. The highest BCUT2D eigenvalue weighted by atomic mass is 32.2. The molecule has 0 aromatic carbocycles. The second-order valence-electron chi connectivity index (χ2n) is 6.24. The highest BCUT2D eigenvalue weighted by Gasteiger charge is 2.29. The van der Waals surface area contributed by atoms with Gasteiger partial charge in [-0.05, 0) is 45.2 Å². The molecule has 0 aliphatic carbocycles.